The van der Waals surface area contributed by atoms with Crippen LogP contribution in [-0.4, -0.2) is 23.5 Å². The van der Waals surface area contributed by atoms with Gasteiger partial charge < -0.3 is 4.48 Å². The van der Waals surface area contributed by atoms with Crippen molar-refractivity contribution in [3.8, 4) is 0 Å². The number of hydrogen-bond acceptors (Lipinski definition) is 0. The van der Waals surface area contributed by atoms with Crippen molar-refractivity contribution < 1.29 is 4.48 Å². The fourth-order valence-electron chi connectivity index (χ4n) is 4.89. The molecule has 0 fully saturated rings. The van der Waals surface area contributed by atoms with Crippen molar-refractivity contribution in [3.05, 3.63) is 71.8 Å². The van der Waals surface area contributed by atoms with E-state index in [0.29, 0.717) is 0 Å². The van der Waals surface area contributed by atoms with Gasteiger partial charge in [-0.05, 0) is 12.8 Å². The summed E-state index contributed by atoms with van der Waals surface area (Å²) in [5.41, 5.74) is 2.85. The van der Waals surface area contributed by atoms with Gasteiger partial charge in [0.25, 0.3) is 0 Å². The molecule has 2 aromatic rings. The van der Waals surface area contributed by atoms with Crippen molar-refractivity contribution in [2.45, 2.75) is 97.1 Å². The van der Waals surface area contributed by atoms with Crippen LogP contribution in [0.15, 0.2) is 60.7 Å². The van der Waals surface area contributed by atoms with E-state index in [1.54, 1.807) is 0 Å². The molecule has 0 aliphatic rings. The molecule has 1 nitrogen and oxygen atoms in total. The summed E-state index contributed by atoms with van der Waals surface area (Å²) in [6, 6.07) is 22.0. The highest BCUT2D eigenvalue weighted by Gasteiger charge is 2.27. The van der Waals surface area contributed by atoms with E-state index in [9.17, 15) is 0 Å². The van der Waals surface area contributed by atoms with Crippen LogP contribution in [0.25, 0.3) is 0 Å². The first kappa shape index (κ1) is 26.9. The van der Waals surface area contributed by atoms with Gasteiger partial charge in [0.1, 0.15) is 13.1 Å². The molecule has 0 aliphatic heterocycles. The van der Waals surface area contributed by atoms with Crippen LogP contribution in [0.3, 0.4) is 0 Å². The highest BCUT2D eigenvalue weighted by Crippen LogP contribution is 2.22. The molecule has 0 aromatic heterocycles. The van der Waals surface area contributed by atoms with Crippen LogP contribution < -0.4 is 0 Å². The maximum absolute atomic E-state index is 6.35. The minimum Gasteiger partial charge on any atom is -0.315 e. The lowest BCUT2D eigenvalue weighted by molar-refractivity contribution is -0.951. The van der Waals surface area contributed by atoms with Gasteiger partial charge in [-0.3, -0.25) is 0 Å². The zero-order chi connectivity index (χ0) is 22.7. The Balaban J connectivity index is 1.78. The molecule has 2 aromatic carbocycles. The van der Waals surface area contributed by atoms with E-state index in [4.69, 9.17) is 11.6 Å². The van der Waals surface area contributed by atoms with Crippen molar-refractivity contribution in [1.82, 2.24) is 0 Å². The van der Waals surface area contributed by atoms with E-state index in [-0.39, 0.29) is 0 Å². The Morgan fingerprint density at radius 3 is 1.34 bits per heavy atom. The first-order valence-electron chi connectivity index (χ1n) is 13.3. The maximum atomic E-state index is 6.35. The van der Waals surface area contributed by atoms with Gasteiger partial charge in [0.15, 0.2) is 0 Å². The summed E-state index contributed by atoms with van der Waals surface area (Å²) in [7, 11) is 0. The number of alkyl halides is 1. The molecule has 0 saturated carbocycles. The predicted octanol–water partition coefficient (Wildman–Crippen LogP) is 9.14. The van der Waals surface area contributed by atoms with Gasteiger partial charge in [0, 0.05) is 11.1 Å². The SMILES string of the molecule is CCCCCCCCCCCCCC[N+](CCCl)(Cc1ccccc1)Cc1ccccc1. The van der Waals surface area contributed by atoms with E-state index in [1.165, 1.54) is 94.7 Å². The smallest absolute Gasteiger partial charge is 0.105 e. The molecule has 178 valence electrons. The summed E-state index contributed by atoms with van der Waals surface area (Å²) in [5.74, 6) is 0.720. The monoisotopic (exact) mass is 456 g/mol. The number of nitrogens with zero attached hydrogens (tertiary/aromatic N) is 1. The quantitative estimate of drug-likeness (QED) is 0.112. The van der Waals surface area contributed by atoms with Crippen molar-refractivity contribution in [2.75, 3.05) is 19.0 Å². The minimum atomic E-state index is 0.720. The molecule has 0 radical (unpaired) electrons. The second kappa shape index (κ2) is 17.2. The lowest BCUT2D eigenvalue weighted by Gasteiger charge is -2.39. The van der Waals surface area contributed by atoms with Crippen molar-refractivity contribution in [1.29, 1.82) is 0 Å². The summed E-state index contributed by atoms with van der Waals surface area (Å²) >= 11 is 6.35. The number of hydrogen-bond donors (Lipinski definition) is 0. The van der Waals surface area contributed by atoms with E-state index < -0.39 is 0 Å². The van der Waals surface area contributed by atoms with Gasteiger partial charge in [-0.25, -0.2) is 0 Å². The molecule has 0 spiro atoms. The number of rotatable bonds is 19. The topological polar surface area (TPSA) is 0 Å². The van der Waals surface area contributed by atoms with Crippen LogP contribution in [0.2, 0.25) is 0 Å². The van der Waals surface area contributed by atoms with E-state index in [1.807, 2.05) is 0 Å². The standard InChI is InChI=1S/C30H47ClN/c1-2-3-4-5-6-7-8-9-10-11-12-19-25-32(26-24-31,27-29-20-15-13-16-21-29)28-30-22-17-14-18-23-30/h13-18,20-23H,2-12,19,24-28H2,1H3/q+1. The van der Waals surface area contributed by atoms with Crippen LogP contribution in [-0.2, 0) is 13.1 Å². The zero-order valence-electron chi connectivity index (χ0n) is 20.6. The molecule has 0 bridgehead atoms. The van der Waals surface area contributed by atoms with Gasteiger partial charge in [0.2, 0.25) is 0 Å². The Morgan fingerprint density at radius 1 is 0.531 bits per heavy atom. The third-order valence-corrected chi connectivity index (χ3v) is 6.94. The van der Waals surface area contributed by atoms with Crippen molar-refractivity contribution in [2.24, 2.45) is 0 Å². The molecule has 0 saturated heterocycles. The van der Waals surface area contributed by atoms with Crippen LogP contribution >= 0.6 is 11.6 Å². The van der Waals surface area contributed by atoms with Crippen molar-refractivity contribution in [3.63, 3.8) is 0 Å². The van der Waals surface area contributed by atoms with Crippen LogP contribution in [0.4, 0.5) is 0 Å². The third-order valence-electron chi connectivity index (χ3n) is 6.77. The van der Waals surface area contributed by atoms with Crippen LogP contribution in [0, 0.1) is 0 Å². The van der Waals surface area contributed by atoms with Crippen molar-refractivity contribution >= 4 is 11.6 Å². The number of benzene rings is 2. The fourth-order valence-corrected chi connectivity index (χ4v) is 5.25. The number of quaternary nitrogens is 1. The first-order chi connectivity index (χ1) is 15.8. The predicted molar refractivity (Wildman–Crippen MR) is 142 cm³/mol. The average Bonchev–Trinajstić information content (AvgIpc) is 2.81. The second-order valence-electron chi connectivity index (χ2n) is 9.65. The highest BCUT2D eigenvalue weighted by atomic mass is 35.5. The molecule has 0 atom stereocenters. The Hall–Kier alpha value is -1.31. The molecule has 0 unspecified atom stereocenters. The molecule has 0 heterocycles. The van der Waals surface area contributed by atoms with Crippen LogP contribution in [0.5, 0.6) is 0 Å². The Labute approximate surface area is 203 Å². The Morgan fingerprint density at radius 2 is 0.938 bits per heavy atom. The summed E-state index contributed by atoms with van der Waals surface area (Å²) in [5, 5.41) is 0. The normalized spacial score (nSPS) is 11.7. The molecule has 2 rings (SSSR count). The van der Waals surface area contributed by atoms with E-state index >= 15 is 0 Å². The molecule has 32 heavy (non-hydrogen) atoms. The van der Waals surface area contributed by atoms with Gasteiger partial charge in [-0.1, -0.05) is 132 Å². The second-order valence-corrected chi connectivity index (χ2v) is 10.0. The number of unbranched alkanes of at least 4 members (excludes halogenated alkanes) is 11. The average molecular weight is 457 g/mol. The lowest BCUT2D eigenvalue weighted by Crippen LogP contribution is -2.48. The van der Waals surface area contributed by atoms with Gasteiger partial charge in [-0.15, -0.1) is 11.6 Å². The molecular formula is C30H47ClN+. The van der Waals surface area contributed by atoms with Crippen LogP contribution in [0.1, 0.15) is 95.1 Å². The minimum absolute atomic E-state index is 0.720. The summed E-state index contributed by atoms with van der Waals surface area (Å²) in [4.78, 5) is 0. The number of halogens is 1. The zero-order valence-corrected chi connectivity index (χ0v) is 21.4. The molecule has 0 amide bonds. The summed E-state index contributed by atoms with van der Waals surface area (Å²) in [6.07, 6.45) is 16.8. The van der Waals surface area contributed by atoms with Gasteiger partial charge in [0.05, 0.1) is 19.0 Å². The molecule has 2 heteroatoms. The van der Waals surface area contributed by atoms with E-state index in [2.05, 4.69) is 67.6 Å². The molecule has 0 aliphatic carbocycles. The summed E-state index contributed by atoms with van der Waals surface area (Å²) in [6.45, 7) is 6.68. The third kappa shape index (κ3) is 11.5. The lowest BCUT2D eigenvalue weighted by atomic mass is 10.0. The Kier molecular flexibility index (Phi) is 14.5. The van der Waals surface area contributed by atoms with Gasteiger partial charge in [-0.2, -0.15) is 0 Å². The molecular weight excluding hydrogens is 410 g/mol. The maximum Gasteiger partial charge on any atom is 0.105 e. The first-order valence-corrected chi connectivity index (χ1v) is 13.8. The largest absolute Gasteiger partial charge is 0.315 e. The highest BCUT2D eigenvalue weighted by molar-refractivity contribution is 6.17. The molecule has 0 N–H and O–H groups in total. The summed E-state index contributed by atoms with van der Waals surface area (Å²) < 4.78 is 1.06. The van der Waals surface area contributed by atoms with Gasteiger partial charge >= 0.3 is 0 Å². The Bertz CT molecular complexity index is 628. The van der Waals surface area contributed by atoms with E-state index in [0.717, 1.165) is 30.0 Å². The fraction of sp³-hybridized carbons (Fsp3) is 0.600.